The number of hydrogen-bond donors (Lipinski definition) is 1. The Morgan fingerprint density at radius 3 is 2.45 bits per heavy atom. The van der Waals surface area contributed by atoms with Crippen LogP contribution >= 0.6 is 0 Å². The summed E-state index contributed by atoms with van der Waals surface area (Å²) in [6, 6.07) is 12.7. The number of carbonyl (C=O) groups is 1. The Kier molecular flexibility index (Phi) is 3.87. The number of carbonyl (C=O) groups excluding carboxylic acids is 1. The number of methoxy groups -OCH3 is 2. The van der Waals surface area contributed by atoms with Crippen molar-refractivity contribution in [3.63, 3.8) is 0 Å². The second-order valence-electron chi connectivity index (χ2n) is 4.91. The first-order valence-corrected chi connectivity index (χ1v) is 6.98. The van der Waals surface area contributed by atoms with Crippen molar-refractivity contribution >= 4 is 5.91 Å². The maximum Gasteiger partial charge on any atom is 0.259 e. The lowest BCUT2D eigenvalue weighted by Gasteiger charge is -2.16. The molecule has 0 aromatic heterocycles. The van der Waals surface area contributed by atoms with E-state index in [4.69, 9.17) is 14.2 Å². The number of fused-ring (bicyclic) bond motifs is 1. The second kappa shape index (κ2) is 5.97. The van der Waals surface area contributed by atoms with Crippen molar-refractivity contribution in [3.05, 3.63) is 53.6 Å². The largest absolute Gasteiger partial charge is 0.496 e. The number of ether oxygens (including phenoxy) is 3. The zero-order chi connectivity index (χ0) is 15.5. The van der Waals surface area contributed by atoms with Crippen LogP contribution in [0.4, 0.5) is 0 Å². The minimum Gasteiger partial charge on any atom is -0.496 e. The molecule has 0 saturated carbocycles. The number of hydrogen-bond acceptors (Lipinski definition) is 4. The van der Waals surface area contributed by atoms with Crippen LogP contribution in [-0.2, 0) is 0 Å². The van der Waals surface area contributed by atoms with Crippen molar-refractivity contribution in [1.29, 1.82) is 0 Å². The monoisotopic (exact) mass is 299 g/mol. The molecule has 1 amide bonds. The Hall–Kier alpha value is -2.69. The fourth-order valence-electron chi connectivity index (χ4n) is 2.59. The lowest BCUT2D eigenvalue weighted by Crippen LogP contribution is -2.30. The summed E-state index contributed by atoms with van der Waals surface area (Å²) in [7, 11) is 3.05. The fourth-order valence-corrected chi connectivity index (χ4v) is 2.59. The minimum absolute atomic E-state index is 0.182. The van der Waals surface area contributed by atoms with Gasteiger partial charge in [0.15, 0.2) is 0 Å². The highest BCUT2D eigenvalue weighted by atomic mass is 16.5. The molecule has 3 rings (SSSR count). The van der Waals surface area contributed by atoms with Gasteiger partial charge in [0.05, 0.1) is 20.3 Å². The summed E-state index contributed by atoms with van der Waals surface area (Å²) in [4.78, 5) is 12.6. The predicted molar refractivity (Wildman–Crippen MR) is 81.7 cm³/mol. The van der Waals surface area contributed by atoms with Gasteiger partial charge in [0.25, 0.3) is 5.91 Å². The van der Waals surface area contributed by atoms with Crippen molar-refractivity contribution < 1.29 is 19.0 Å². The number of rotatable bonds is 4. The van der Waals surface area contributed by atoms with E-state index in [1.807, 2.05) is 24.3 Å². The van der Waals surface area contributed by atoms with Gasteiger partial charge in [0.1, 0.15) is 29.4 Å². The highest BCUT2D eigenvalue weighted by molar-refractivity contribution is 6.00. The molecular weight excluding hydrogens is 282 g/mol. The van der Waals surface area contributed by atoms with Crippen molar-refractivity contribution in [3.8, 4) is 17.2 Å². The summed E-state index contributed by atoms with van der Waals surface area (Å²) in [6.45, 7) is 0.419. The van der Waals surface area contributed by atoms with E-state index in [1.165, 1.54) is 14.2 Å². The highest BCUT2D eigenvalue weighted by Crippen LogP contribution is 2.33. The molecule has 5 nitrogen and oxygen atoms in total. The molecule has 2 aromatic carbocycles. The lowest BCUT2D eigenvalue weighted by atomic mass is 10.1. The molecular formula is C17H17NO4. The van der Waals surface area contributed by atoms with Gasteiger partial charge in [0.2, 0.25) is 0 Å². The molecule has 0 fully saturated rings. The zero-order valence-electron chi connectivity index (χ0n) is 12.5. The molecule has 0 radical (unpaired) electrons. The van der Waals surface area contributed by atoms with E-state index >= 15 is 0 Å². The van der Waals surface area contributed by atoms with Crippen LogP contribution in [0, 0.1) is 0 Å². The summed E-state index contributed by atoms with van der Waals surface area (Å²) >= 11 is 0. The molecule has 1 aliphatic heterocycles. The molecule has 22 heavy (non-hydrogen) atoms. The molecule has 1 unspecified atom stereocenters. The maximum absolute atomic E-state index is 12.6. The smallest absolute Gasteiger partial charge is 0.259 e. The zero-order valence-corrected chi connectivity index (χ0v) is 12.5. The third kappa shape index (κ3) is 2.45. The Balaban J connectivity index is 1.87. The van der Waals surface area contributed by atoms with Crippen molar-refractivity contribution in [2.24, 2.45) is 0 Å². The van der Waals surface area contributed by atoms with E-state index in [2.05, 4.69) is 5.32 Å². The molecule has 1 aliphatic rings. The van der Waals surface area contributed by atoms with Crippen LogP contribution in [0.2, 0.25) is 0 Å². The predicted octanol–water partition coefficient (Wildman–Crippen LogP) is 2.57. The molecule has 0 bridgehead atoms. The highest BCUT2D eigenvalue weighted by Gasteiger charge is 2.27. The summed E-state index contributed by atoms with van der Waals surface area (Å²) in [5.74, 6) is 1.51. The Labute approximate surface area is 128 Å². The van der Waals surface area contributed by atoms with E-state index < -0.39 is 0 Å². The average Bonchev–Trinajstić information content (AvgIpc) is 2.97. The van der Waals surface area contributed by atoms with Gasteiger partial charge in [-0.3, -0.25) is 4.79 Å². The van der Waals surface area contributed by atoms with Gasteiger partial charge in [0, 0.05) is 5.56 Å². The van der Waals surface area contributed by atoms with Crippen LogP contribution in [0.25, 0.3) is 0 Å². The van der Waals surface area contributed by atoms with Crippen LogP contribution in [-0.4, -0.2) is 26.7 Å². The summed E-state index contributed by atoms with van der Waals surface area (Å²) in [6.07, 6.45) is 0. The van der Waals surface area contributed by atoms with Gasteiger partial charge >= 0.3 is 0 Å². The average molecular weight is 299 g/mol. The Morgan fingerprint density at radius 1 is 1.09 bits per heavy atom. The van der Waals surface area contributed by atoms with Crippen LogP contribution in [0.15, 0.2) is 42.5 Å². The first-order chi connectivity index (χ1) is 10.7. The van der Waals surface area contributed by atoms with Gasteiger partial charge in [-0.05, 0) is 18.2 Å². The first kappa shape index (κ1) is 14.3. The SMILES string of the molecule is COc1cccc(OC)c1C(=O)NC1COc2ccccc21. The standard InChI is InChI=1S/C17H17NO4/c1-20-14-8-5-9-15(21-2)16(14)17(19)18-12-10-22-13-7-4-3-6-11(12)13/h3-9,12H,10H2,1-2H3,(H,18,19). The number of para-hydroxylation sites is 1. The van der Waals surface area contributed by atoms with Gasteiger partial charge in [-0.2, -0.15) is 0 Å². The lowest BCUT2D eigenvalue weighted by molar-refractivity contribution is 0.0924. The molecule has 114 valence electrons. The fraction of sp³-hybridized carbons (Fsp3) is 0.235. The Bertz CT molecular complexity index is 677. The Morgan fingerprint density at radius 2 is 1.77 bits per heavy atom. The molecule has 0 spiro atoms. The summed E-state index contributed by atoms with van der Waals surface area (Å²) in [5, 5.41) is 2.98. The van der Waals surface area contributed by atoms with Crippen molar-refractivity contribution in [2.75, 3.05) is 20.8 Å². The van der Waals surface area contributed by atoms with E-state index in [-0.39, 0.29) is 11.9 Å². The van der Waals surface area contributed by atoms with E-state index in [9.17, 15) is 4.79 Å². The molecule has 5 heteroatoms. The molecule has 0 saturated heterocycles. The number of benzene rings is 2. The molecule has 2 aromatic rings. The third-order valence-corrected chi connectivity index (χ3v) is 3.66. The number of amides is 1. The molecule has 1 N–H and O–H groups in total. The van der Waals surface area contributed by atoms with Gasteiger partial charge in [-0.15, -0.1) is 0 Å². The van der Waals surface area contributed by atoms with Crippen molar-refractivity contribution in [1.82, 2.24) is 5.32 Å². The maximum atomic E-state index is 12.6. The third-order valence-electron chi connectivity index (χ3n) is 3.66. The molecule has 1 heterocycles. The normalized spacial score (nSPS) is 15.6. The van der Waals surface area contributed by atoms with Crippen LogP contribution < -0.4 is 19.5 Å². The minimum atomic E-state index is -0.250. The van der Waals surface area contributed by atoms with Crippen LogP contribution in [0.1, 0.15) is 22.0 Å². The van der Waals surface area contributed by atoms with Gasteiger partial charge in [-0.1, -0.05) is 24.3 Å². The number of nitrogens with one attached hydrogen (secondary N) is 1. The van der Waals surface area contributed by atoms with E-state index in [1.54, 1.807) is 18.2 Å². The van der Waals surface area contributed by atoms with Crippen LogP contribution in [0.3, 0.4) is 0 Å². The topological polar surface area (TPSA) is 56.8 Å². The second-order valence-corrected chi connectivity index (χ2v) is 4.91. The quantitative estimate of drug-likeness (QED) is 0.942. The van der Waals surface area contributed by atoms with Gasteiger partial charge in [-0.25, -0.2) is 0 Å². The van der Waals surface area contributed by atoms with Crippen molar-refractivity contribution in [2.45, 2.75) is 6.04 Å². The van der Waals surface area contributed by atoms with Gasteiger partial charge < -0.3 is 19.5 Å². The molecule has 1 atom stereocenters. The van der Waals surface area contributed by atoms with E-state index in [0.29, 0.717) is 23.7 Å². The van der Waals surface area contributed by atoms with Crippen LogP contribution in [0.5, 0.6) is 17.2 Å². The summed E-state index contributed by atoms with van der Waals surface area (Å²) in [5.41, 5.74) is 1.36. The first-order valence-electron chi connectivity index (χ1n) is 6.98. The van der Waals surface area contributed by atoms with E-state index in [0.717, 1.165) is 11.3 Å². The molecule has 0 aliphatic carbocycles. The summed E-state index contributed by atoms with van der Waals surface area (Å²) < 4.78 is 16.1.